The molecule has 180 valence electrons. The molecule has 0 fully saturated rings. The highest BCUT2D eigenvalue weighted by Gasteiger charge is 2.23. The zero-order valence-electron chi connectivity index (χ0n) is 20.2. The molecule has 0 bridgehead atoms. The largest absolute Gasteiger partial charge is 0.493 e. The van der Waals surface area contributed by atoms with Gasteiger partial charge in [0.05, 0.1) is 24.4 Å². The molecule has 0 aliphatic carbocycles. The summed E-state index contributed by atoms with van der Waals surface area (Å²) in [4.78, 5) is 11.2. The number of hydrogen-bond acceptors (Lipinski definition) is 8. The van der Waals surface area contributed by atoms with Crippen molar-refractivity contribution in [2.75, 3.05) is 7.11 Å². The third-order valence-electron chi connectivity index (χ3n) is 5.00. The minimum atomic E-state index is -0.487. The average Bonchev–Trinajstić information content (AvgIpc) is 3.18. The van der Waals surface area contributed by atoms with Gasteiger partial charge in [0.15, 0.2) is 11.6 Å². The lowest BCUT2D eigenvalue weighted by Gasteiger charge is -2.14. The van der Waals surface area contributed by atoms with Gasteiger partial charge in [-0.2, -0.15) is 9.78 Å². The lowest BCUT2D eigenvalue weighted by molar-refractivity contribution is -0.386. The average molecular weight is 484 g/mol. The minimum absolute atomic E-state index is 0.0999. The van der Waals surface area contributed by atoms with Gasteiger partial charge in [-0.3, -0.25) is 10.1 Å². The van der Waals surface area contributed by atoms with E-state index in [1.54, 1.807) is 30.8 Å². The van der Waals surface area contributed by atoms with Gasteiger partial charge in [0.2, 0.25) is 10.9 Å². The Kier molecular flexibility index (Phi) is 8.27. The van der Waals surface area contributed by atoms with E-state index < -0.39 is 4.92 Å². The molecule has 0 atom stereocenters. The first-order valence-corrected chi connectivity index (χ1v) is 11.9. The van der Waals surface area contributed by atoms with Crippen LogP contribution < -0.4 is 9.47 Å². The van der Waals surface area contributed by atoms with Crippen molar-refractivity contribution in [2.24, 2.45) is 5.10 Å². The van der Waals surface area contributed by atoms with Crippen LogP contribution in [0.25, 0.3) is 0 Å². The van der Waals surface area contributed by atoms with Crippen molar-refractivity contribution in [1.29, 1.82) is 0 Å². The fraction of sp³-hybridized carbons (Fsp3) is 0.375. The van der Waals surface area contributed by atoms with E-state index in [2.05, 4.69) is 47.3 Å². The van der Waals surface area contributed by atoms with Crippen LogP contribution in [0, 0.1) is 24.0 Å². The van der Waals surface area contributed by atoms with Gasteiger partial charge in [-0.05, 0) is 44.9 Å². The molecule has 0 radical (unpaired) electrons. The van der Waals surface area contributed by atoms with E-state index in [1.165, 1.54) is 41.6 Å². The first-order chi connectivity index (χ1) is 16.2. The van der Waals surface area contributed by atoms with E-state index in [9.17, 15) is 10.1 Å². The number of methoxy groups -OCH3 is 1. The highest BCUT2D eigenvalue weighted by molar-refractivity contribution is 7.98. The molecule has 3 rings (SSSR count). The maximum atomic E-state index is 11.7. The topological polar surface area (TPSA) is 105 Å². The number of aromatic nitrogens is 3. The Bertz CT molecular complexity index is 1210. The summed E-state index contributed by atoms with van der Waals surface area (Å²) < 4.78 is 12.7. The van der Waals surface area contributed by atoms with Crippen molar-refractivity contribution in [3.63, 3.8) is 0 Å². The second-order valence-electron chi connectivity index (χ2n) is 8.02. The summed E-state index contributed by atoms with van der Waals surface area (Å²) in [5.74, 6) is 1.79. The first-order valence-electron chi connectivity index (χ1n) is 10.9. The molecule has 1 heterocycles. The number of benzene rings is 2. The van der Waals surface area contributed by atoms with Crippen LogP contribution in [0.2, 0.25) is 0 Å². The predicted octanol–water partition coefficient (Wildman–Crippen LogP) is 5.34. The molecule has 3 aromatic rings. The summed E-state index contributed by atoms with van der Waals surface area (Å²) >= 11 is 1.54. The molecule has 0 N–H and O–H groups in total. The molecule has 0 saturated heterocycles. The van der Waals surface area contributed by atoms with Crippen LogP contribution in [0.4, 0.5) is 5.69 Å². The normalized spacial score (nSPS) is 11.4. The van der Waals surface area contributed by atoms with Crippen LogP contribution in [0.5, 0.6) is 11.5 Å². The van der Waals surface area contributed by atoms with Gasteiger partial charge in [-0.1, -0.05) is 42.4 Å². The lowest BCUT2D eigenvalue weighted by Crippen LogP contribution is -2.09. The Balaban J connectivity index is 1.92. The Hall–Kier alpha value is -3.40. The quantitative estimate of drug-likeness (QED) is 0.166. The van der Waals surface area contributed by atoms with Gasteiger partial charge >= 0.3 is 5.69 Å². The summed E-state index contributed by atoms with van der Waals surface area (Å²) in [5.41, 5.74) is 3.98. The first kappa shape index (κ1) is 25.2. The molecule has 0 aliphatic rings. The molecular formula is C24H29N5O4S. The summed E-state index contributed by atoms with van der Waals surface area (Å²) in [7, 11) is 1.45. The molecule has 1 aromatic heterocycles. The van der Waals surface area contributed by atoms with Gasteiger partial charge in [-0.15, -0.1) is 10.2 Å². The Labute approximate surface area is 203 Å². The molecule has 0 spiro atoms. The third-order valence-corrected chi connectivity index (χ3v) is 5.97. The van der Waals surface area contributed by atoms with Crippen LogP contribution in [-0.4, -0.2) is 39.2 Å². The summed E-state index contributed by atoms with van der Waals surface area (Å²) in [6.07, 6.45) is 1.94. The van der Waals surface area contributed by atoms with Gasteiger partial charge in [0.25, 0.3) is 0 Å². The van der Waals surface area contributed by atoms with E-state index in [4.69, 9.17) is 9.47 Å². The zero-order valence-corrected chi connectivity index (χ0v) is 21.0. The molecular weight excluding hydrogens is 454 g/mol. The molecule has 0 amide bonds. The highest BCUT2D eigenvalue weighted by atomic mass is 32.2. The fourth-order valence-electron chi connectivity index (χ4n) is 3.32. The Morgan fingerprint density at radius 1 is 1.24 bits per heavy atom. The molecule has 9 nitrogen and oxygen atoms in total. The third kappa shape index (κ3) is 5.93. The summed E-state index contributed by atoms with van der Waals surface area (Å²) in [6, 6.07) is 9.45. The van der Waals surface area contributed by atoms with Crippen LogP contribution in [0.15, 0.2) is 40.6 Å². The van der Waals surface area contributed by atoms with Gasteiger partial charge < -0.3 is 9.47 Å². The van der Waals surface area contributed by atoms with E-state index in [0.717, 1.165) is 5.75 Å². The van der Waals surface area contributed by atoms with Gasteiger partial charge in [0.1, 0.15) is 0 Å². The number of nitrogens with zero attached hydrogens (tertiary/aromatic N) is 5. The number of thioether (sulfide) groups is 1. The van der Waals surface area contributed by atoms with E-state index in [0.29, 0.717) is 23.0 Å². The fourth-order valence-corrected chi connectivity index (χ4v) is 4.30. The second kappa shape index (κ2) is 11.1. The highest BCUT2D eigenvalue weighted by Crippen LogP contribution is 2.38. The minimum Gasteiger partial charge on any atom is -0.493 e. The van der Waals surface area contributed by atoms with Crippen molar-refractivity contribution < 1.29 is 14.4 Å². The van der Waals surface area contributed by atoms with Crippen molar-refractivity contribution in [3.05, 3.63) is 68.5 Å². The Morgan fingerprint density at radius 3 is 2.62 bits per heavy atom. The van der Waals surface area contributed by atoms with Crippen LogP contribution in [0.3, 0.4) is 0 Å². The lowest BCUT2D eigenvalue weighted by atomic mass is 10.1. The number of hydrogen-bond donors (Lipinski definition) is 0. The second-order valence-corrected chi connectivity index (χ2v) is 8.96. The van der Waals surface area contributed by atoms with Crippen LogP contribution in [0.1, 0.15) is 48.8 Å². The summed E-state index contributed by atoms with van der Waals surface area (Å²) in [5, 5.41) is 25.4. The van der Waals surface area contributed by atoms with Crippen LogP contribution >= 0.6 is 11.8 Å². The molecule has 10 heteroatoms. The summed E-state index contributed by atoms with van der Waals surface area (Å²) in [6.45, 7) is 9.74. The standard InChI is InChI=1S/C24H29N5O4S/c1-7-22-26-27-24(34-14-19-9-8-16(4)10-17(19)5)28(22)25-13-18-11-20(29(30)31)23(33-15(2)3)21(12-18)32-6/h8-13,15H,7,14H2,1-6H3/b25-13-. The molecule has 2 aromatic carbocycles. The van der Waals surface area contributed by atoms with Crippen molar-refractivity contribution in [3.8, 4) is 11.5 Å². The zero-order chi connectivity index (χ0) is 24.8. The Morgan fingerprint density at radius 2 is 2.00 bits per heavy atom. The maximum Gasteiger partial charge on any atom is 0.315 e. The SMILES string of the molecule is CCc1nnc(SCc2ccc(C)cc2C)n1/N=C\c1cc(OC)c(OC(C)C)c([N+](=O)[O-])c1. The smallest absolute Gasteiger partial charge is 0.315 e. The van der Waals surface area contributed by atoms with Crippen molar-refractivity contribution in [1.82, 2.24) is 14.9 Å². The predicted molar refractivity (Wildman–Crippen MR) is 133 cm³/mol. The van der Waals surface area contributed by atoms with E-state index in [-0.39, 0.29) is 23.3 Å². The number of nitro benzene ring substituents is 1. The number of ether oxygens (including phenoxy) is 2. The van der Waals surface area contributed by atoms with E-state index in [1.807, 2.05) is 6.92 Å². The van der Waals surface area contributed by atoms with Crippen LogP contribution in [-0.2, 0) is 12.2 Å². The molecule has 0 unspecified atom stereocenters. The monoisotopic (exact) mass is 483 g/mol. The van der Waals surface area contributed by atoms with Gasteiger partial charge in [-0.25, -0.2) is 0 Å². The number of nitro groups is 1. The molecule has 0 saturated carbocycles. The van der Waals surface area contributed by atoms with Crippen molar-refractivity contribution >= 4 is 23.7 Å². The van der Waals surface area contributed by atoms with E-state index >= 15 is 0 Å². The molecule has 0 aliphatic heterocycles. The number of aryl methyl sites for hydroxylation is 3. The maximum absolute atomic E-state index is 11.7. The van der Waals surface area contributed by atoms with Gasteiger partial charge in [0, 0.05) is 23.8 Å². The number of rotatable bonds is 10. The van der Waals surface area contributed by atoms with Crippen molar-refractivity contribution in [2.45, 2.75) is 58.1 Å². The molecule has 34 heavy (non-hydrogen) atoms.